The topological polar surface area (TPSA) is 118 Å². The molecule has 0 aliphatic rings. The quantitative estimate of drug-likeness (QED) is 0.202. The van der Waals surface area contributed by atoms with Crippen LogP contribution in [0.5, 0.6) is 5.75 Å². The van der Waals surface area contributed by atoms with Gasteiger partial charge in [-0.15, -0.1) is 0 Å². The third-order valence-electron chi connectivity index (χ3n) is 4.31. The molecule has 1 aromatic carbocycles. The van der Waals surface area contributed by atoms with Crippen molar-refractivity contribution in [2.75, 3.05) is 33.2 Å². The van der Waals surface area contributed by atoms with Crippen LogP contribution in [0.4, 0.5) is 0 Å². The number of ether oxygens (including phenoxy) is 5. The van der Waals surface area contributed by atoms with Crippen molar-refractivity contribution in [3.63, 3.8) is 0 Å². The highest BCUT2D eigenvalue weighted by atomic mass is 16.7. The Morgan fingerprint density at radius 3 is 2.29 bits per heavy atom. The van der Waals surface area contributed by atoms with E-state index in [1.807, 2.05) is 6.92 Å². The molecule has 9 nitrogen and oxygen atoms in total. The van der Waals surface area contributed by atoms with Crippen molar-refractivity contribution >= 4 is 17.9 Å². The lowest BCUT2D eigenvalue weighted by molar-refractivity contribution is -0.154. The van der Waals surface area contributed by atoms with E-state index in [0.29, 0.717) is 12.2 Å². The number of rotatable bonds is 14. The van der Waals surface area contributed by atoms with Crippen molar-refractivity contribution in [2.45, 2.75) is 34.1 Å². The Labute approximate surface area is 181 Å². The molecule has 0 spiro atoms. The van der Waals surface area contributed by atoms with Gasteiger partial charge in [-0.25, -0.2) is 9.59 Å². The van der Waals surface area contributed by atoms with E-state index in [4.69, 9.17) is 23.7 Å². The van der Waals surface area contributed by atoms with Gasteiger partial charge in [0.05, 0.1) is 28.9 Å². The average molecular weight is 438 g/mol. The zero-order valence-electron chi connectivity index (χ0n) is 18.4. The van der Waals surface area contributed by atoms with Crippen LogP contribution in [-0.2, 0) is 23.7 Å². The molecule has 0 aromatic heterocycles. The summed E-state index contributed by atoms with van der Waals surface area (Å²) in [6, 6.07) is 3.93. The largest absolute Gasteiger partial charge is 0.490 e. The summed E-state index contributed by atoms with van der Waals surface area (Å²) >= 11 is 0. The predicted octanol–water partition coefficient (Wildman–Crippen LogP) is 3.42. The van der Waals surface area contributed by atoms with Crippen LogP contribution < -0.4 is 4.74 Å². The van der Waals surface area contributed by atoms with Gasteiger partial charge >= 0.3 is 17.9 Å². The maximum Gasteiger partial charge on any atom is 0.339 e. The van der Waals surface area contributed by atoms with Crippen LogP contribution in [-0.4, -0.2) is 56.2 Å². The molecule has 0 aliphatic carbocycles. The lowest BCUT2D eigenvalue weighted by atomic mass is 9.91. The number of allylic oxidation sites excluding steroid dienone is 1. The minimum absolute atomic E-state index is 0.0202. The molecule has 0 fully saturated rings. The number of carboxylic acids is 1. The van der Waals surface area contributed by atoms with Gasteiger partial charge in [-0.3, -0.25) is 4.79 Å². The Morgan fingerprint density at radius 2 is 1.68 bits per heavy atom. The van der Waals surface area contributed by atoms with Gasteiger partial charge in [0.1, 0.15) is 25.6 Å². The molecule has 31 heavy (non-hydrogen) atoms. The fourth-order valence-electron chi connectivity index (χ4n) is 2.07. The second kappa shape index (κ2) is 12.6. The fourth-order valence-corrected chi connectivity index (χ4v) is 2.07. The fraction of sp³-hybridized carbons (Fsp3) is 0.500. The molecule has 1 rings (SSSR count). The van der Waals surface area contributed by atoms with E-state index >= 15 is 0 Å². The molecule has 0 unspecified atom stereocenters. The summed E-state index contributed by atoms with van der Waals surface area (Å²) in [5.74, 6) is -1.71. The lowest BCUT2D eigenvalue weighted by Gasteiger charge is -2.20. The Kier molecular flexibility index (Phi) is 10.5. The summed E-state index contributed by atoms with van der Waals surface area (Å²) in [6.45, 7) is 10.7. The number of hydrogen-bond donors (Lipinski definition) is 1. The van der Waals surface area contributed by atoms with Crippen molar-refractivity contribution in [1.29, 1.82) is 0 Å². The van der Waals surface area contributed by atoms with Crippen LogP contribution in [0.25, 0.3) is 0 Å². The minimum atomic E-state index is -1.28. The smallest absolute Gasteiger partial charge is 0.339 e. The van der Waals surface area contributed by atoms with Crippen molar-refractivity contribution in [1.82, 2.24) is 0 Å². The monoisotopic (exact) mass is 438 g/mol. The average Bonchev–Trinajstić information content (AvgIpc) is 2.72. The van der Waals surface area contributed by atoms with Crippen LogP contribution >= 0.6 is 0 Å². The summed E-state index contributed by atoms with van der Waals surface area (Å²) in [4.78, 5) is 35.7. The van der Waals surface area contributed by atoms with Crippen molar-refractivity contribution in [3.05, 3.63) is 41.7 Å². The van der Waals surface area contributed by atoms with Crippen LogP contribution in [0.3, 0.4) is 0 Å². The van der Waals surface area contributed by atoms with Crippen LogP contribution in [0.2, 0.25) is 0 Å². The van der Waals surface area contributed by atoms with E-state index in [2.05, 4.69) is 6.58 Å². The number of hydrogen-bond acceptors (Lipinski definition) is 8. The SMILES string of the molecule is C=C(C)OCOCCOC(=O)c1cc(OCCOC(=O)C(C)(C)CC)ccc1C(=O)O. The Hall–Kier alpha value is -3.07. The summed E-state index contributed by atoms with van der Waals surface area (Å²) in [5, 5.41) is 9.32. The molecule has 0 radical (unpaired) electrons. The summed E-state index contributed by atoms with van der Waals surface area (Å²) < 4.78 is 25.8. The molecular formula is C22H30O9. The van der Waals surface area contributed by atoms with Gasteiger partial charge in [0, 0.05) is 0 Å². The summed E-state index contributed by atoms with van der Waals surface area (Å²) in [6.07, 6.45) is 0.640. The van der Waals surface area contributed by atoms with E-state index in [-0.39, 0.29) is 56.1 Å². The van der Waals surface area contributed by atoms with E-state index in [1.54, 1.807) is 20.8 Å². The molecule has 0 amide bonds. The summed E-state index contributed by atoms with van der Waals surface area (Å²) in [7, 11) is 0. The van der Waals surface area contributed by atoms with Gasteiger partial charge in [-0.1, -0.05) is 13.5 Å². The number of carbonyl (C=O) groups is 3. The van der Waals surface area contributed by atoms with E-state index < -0.39 is 17.4 Å². The number of esters is 2. The molecule has 0 saturated carbocycles. The van der Waals surface area contributed by atoms with Gasteiger partial charge < -0.3 is 28.8 Å². The highest BCUT2D eigenvalue weighted by Gasteiger charge is 2.27. The van der Waals surface area contributed by atoms with Crippen molar-refractivity contribution in [3.8, 4) is 5.75 Å². The van der Waals surface area contributed by atoms with Gasteiger partial charge in [0.15, 0.2) is 6.79 Å². The van der Waals surface area contributed by atoms with Crippen LogP contribution in [0, 0.1) is 5.41 Å². The molecule has 9 heteroatoms. The number of aromatic carboxylic acids is 1. The molecule has 0 aliphatic heterocycles. The first-order valence-electron chi connectivity index (χ1n) is 9.79. The minimum Gasteiger partial charge on any atom is -0.490 e. The molecule has 1 aromatic rings. The predicted molar refractivity (Wildman–Crippen MR) is 111 cm³/mol. The standard InChI is InChI=1S/C22H30O9/c1-6-22(4,5)21(26)30-12-11-28-16-7-8-17(19(23)24)18(13-16)20(25)29-10-9-27-14-31-15(2)3/h7-8,13H,2,6,9-12,14H2,1,3-5H3,(H,23,24). The highest BCUT2D eigenvalue weighted by Crippen LogP contribution is 2.22. The van der Waals surface area contributed by atoms with Gasteiger partial charge in [-0.05, 0) is 45.4 Å². The molecule has 0 atom stereocenters. The van der Waals surface area contributed by atoms with Crippen molar-refractivity contribution < 1.29 is 43.2 Å². The number of benzene rings is 1. The Balaban J connectivity index is 2.62. The second-order valence-corrected chi connectivity index (χ2v) is 7.24. The maximum absolute atomic E-state index is 12.3. The Morgan fingerprint density at radius 1 is 1.00 bits per heavy atom. The molecule has 0 saturated heterocycles. The molecule has 1 N–H and O–H groups in total. The third kappa shape index (κ3) is 9.08. The first-order chi connectivity index (χ1) is 14.6. The van der Waals surface area contributed by atoms with Crippen LogP contribution in [0.1, 0.15) is 54.8 Å². The van der Waals surface area contributed by atoms with E-state index in [0.717, 1.165) is 0 Å². The second-order valence-electron chi connectivity index (χ2n) is 7.24. The molecule has 0 heterocycles. The molecular weight excluding hydrogens is 408 g/mol. The zero-order chi connectivity index (χ0) is 23.4. The van der Waals surface area contributed by atoms with Crippen molar-refractivity contribution in [2.24, 2.45) is 5.41 Å². The normalized spacial score (nSPS) is 10.8. The summed E-state index contributed by atoms with van der Waals surface area (Å²) in [5.41, 5.74) is -0.965. The van der Waals surface area contributed by atoms with Gasteiger partial charge in [0.2, 0.25) is 0 Å². The third-order valence-corrected chi connectivity index (χ3v) is 4.31. The first kappa shape index (κ1) is 26.0. The first-order valence-corrected chi connectivity index (χ1v) is 9.79. The highest BCUT2D eigenvalue weighted by molar-refractivity contribution is 6.02. The number of carboxylic acid groups (broad SMARTS) is 1. The Bertz CT molecular complexity index is 783. The molecule has 0 bridgehead atoms. The van der Waals surface area contributed by atoms with Gasteiger partial charge in [-0.2, -0.15) is 0 Å². The molecule has 172 valence electrons. The maximum atomic E-state index is 12.3. The zero-order valence-corrected chi connectivity index (χ0v) is 18.4. The lowest BCUT2D eigenvalue weighted by Crippen LogP contribution is -2.27. The van der Waals surface area contributed by atoms with E-state index in [1.165, 1.54) is 18.2 Å². The van der Waals surface area contributed by atoms with Crippen LogP contribution in [0.15, 0.2) is 30.5 Å². The van der Waals surface area contributed by atoms with Gasteiger partial charge in [0.25, 0.3) is 0 Å². The van der Waals surface area contributed by atoms with E-state index in [9.17, 15) is 19.5 Å². The number of carbonyl (C=O) groups excluding carboxylic acids is 2.